The zero-order valence-electron chi connectivity index (χ0n) is 7.19. The maximum atomic E-state index is 5.20. The van der Waals surface area contributed by atoms with Crippen molar-refractivity contribution in [2.24, 2.45) is 7.05 Å². The van der Waals surface area contributed by atoms with E-state index in [1.54, 1.807) is 10.9 Å². The Morgan fingerprint density at radius 3 is 2.85 bits per heavy atom. The lowest BCUT2D eigenvalue weighted by Crippen LogP contribution is -1.88. The van der Waals surface area contributed by atoms with Crippen LogP contribution in [0.4, 0.5) is 0 Å². The normalized spacial score (nSPS) is 10.2. The summed E-state index contributed by atoms with van der Waals surface area (Å²) in [4.78, 5) is 4.22. The largest absolute Gasteiger partial charge is 0.304 e. The topological polar surface area (TPSA) is 33.6 Å². The maximum Gasteiger partial charge on any atom is 0.131 e. The third-order valence-corrected chi connectivity index (χ3v) is 2.37. The van der Waals surface area contributed by atoms with Gasteiger partial charge in [-0.15, -0.1) is 0 Å². The molecule has 0 spiro atoms. The van der Waals surface area contributed by atoms with Crippen molar-refractivity contribution in [1.82, 2.24) is 14.8 Å². The molecule has 0 saturated carbocycles. The van der Waals surface area contributed by atoms with Gasteiger partial charge in [-0.05, 0) is 12.1 Å². The standard InChI is InChI=1S/C9H9N3S/c1-12-9(13)7(6-11-12)8-4-2-3-5-10-8/h2-6,11H,1H3. The van der Waals surface area contributed by atoms with Gasteiger partial charge in [0.25, 0.3) is 0 Å². The summed E-state index contributed by atoms with van der Waals surface area (Å²) in [6.07, 6.45) is 3.63. The van der Waals surface area contributed by atoms with Gasteiger partial charge < -0.3 is 5.10 Å². The first kappa shape index (κ1) is 8.19. The third kappa shape index (κ3) is 1.40. The van der Waals surface area contributed by atoms with Crippen LogP contribution >= 0.6 is 12.2 Å². The fraction of sp³-hybridized carbons (Fsp3) is 0.111. The number of rotatable bonds is 1. The lowest BCUT2D eigenvalue weighted by Gasteiger charge is -1.93. The summed E-state index contributed by atoms with van der Waals surface area (Å²) in [7, 11) is 1.88. The van der Waals surface area contributed by atoms with Crippen LogP contribution in [0, 0.1) is 4.64 Å². The van der Waals surface area contributed by atoms with E-state index in [-0.39, 0.29) is 0 Å². The van der Waals surface area contributed by atoms with Crippen molar-refractivity contribution in [2.75, 3.05) is 0 Å². The predicted octanol–water partition coefficient (Wildman–Crippen LogP) is 2.14. The number of pyridine rings is 1. The minimum absolute atomic E-state index is 0.777. The van der Waals surface area contributed by atoms with Gasteiger partial charge in [-0.2, -0.15) is 0 Å². The van der Waals surface area contributed by atoms with Gasteiger partial charge in [-0.25, -0.2) is 0 Å². The average Bonchev–Trinajstić information content (AvgIpc) is 2.49. The summed E-state index contributed by atoms with van der Waals surface area (Å²) in [5.74, 6) is 0. The highest BCUT2D eigenvalue weighted by Gasteiger charge is 2.02. The van der Waals surface area contributed by atoms with E-state index in [1.807, 2.05) is 31.4 Å². The molecule has 0 radical (unpaired) electrons. The van der Waals surface area contributed by atoms with Crippen molar-refractivity contribution < 1.29 is 0 Å². The predicted molar refractivity (Wildman–Crippen MR) is 53.8 cm³/mol. The fourth-order valence-corrected chi connectivity index (χ4v) is 1.38. The Bertz CT molecular complexity index is 455. The smallest absolute Gasteiger partial charge is 0.131 e. The van der Waals surface area contributed by atoms with Crippen LogP contribution in [0.3, 0.4) is 0 Å². The van der Waals surface area contributed by atoms with Crippen LogP contribution in [-0.4, -0.2) is 14.8 Å². The first-order valence-electron chi connectivity index (χ1n) is 3.95. The van der Waals surface area contributed by atoms with E-state index in [0.717, 1.165) is 15.9 Å². The van der Waals surface area contributed by atoms with Gasteiger partial charge in [0, 0.05) is 19.4 Å². The molecule has 0 aromatic carbocycles. The van der Waals surface area contributed by atoms with E-state index in [0.29, 0.717) is 0 Å². The highest BCUT2D eigenvalue weighted by atomic mass is 32.1. The number of aryl methyl sites for hydroxylation is 1. The number of nitrogens with one attached hydrogen (secondary N) is 1. The van der Waals surface area contributed by atoms with Crippen molar-refractivity contribution >= 4 is 12.2 Å². The minimum Gasteiger partial charge on any atom is -0.304 e. The molecule has 2 rings (SSSR count). The van der Waals surface area contributed by atoms with Crippen LogP contribution in [0.15, 0.2) is 30.6 Å². The Labute approximate surface area is 81.0 Å². The van der Waals surface area contributed by atoms with Gasteiger partial charge >= 0.3 is 0 Å². The molecule has 13 heavy (non-hydrogen) atoms. The molecule has 0 amide bonds. The van der Waals surface area contributed by atoms with Gasteiger partial charge in [0.1, 0.15) is 4.64 Å². The zero-order chi connectivity index (χ0) is 9.26. The second kappa shape index (κ2) is 3.14. The van der Waals surface area contributed by atoms with E-state index >= 15 is 0 Å². The quantitative estimate of drug-likeness (QED) is 0.701. The Balaban J connectivity index is 2.60. The van der Waals surface area contributed by atoms with Crippen LogP contribution in [0.5, 0.6) is 0 Å². The maximum absolute atomic E-state index is 5.20. The second-order valence-corrected chi connectivity index (χ2v) is 3.15. The summed E-state index contributed by atoms with van der Waals surface area (Å²) < 4.78 is 2.57. The monoisotopic (exact) mass is 191 g/mol. The van der Waals surface area contributed by atoms with Crippen molar-refractivity contribution in [1.29, 1.82) is 0 Å². The Morgan fingerprint density at radius 2 is 2.31 bits per heavy atom. The lowest BCUT2D eigenvalue weighted by molar-refractivity contribution is 0.757. The van der Waals surface area contributed by atoms with Crippen molar-refractivity contribution in [2.45, 2.75) is 0 Å². The summed E-state index contributed by atoms with van der Waals surface area (Å²) in [5, 5.41) is 3.01. The molecular weight excluding hydrogens is 182 g/mol. The van der Waals surface area contributed by atoms with Crippen molar-refractivity contribution in [3.63, 3.8) is 0 Å². The van der Waals surface area contributed by atoms with Crippen LogP contribution in [0.2, 0.25) is 0 Å². The number of H-pyrrole nitrogens is 1. The van der Waals surface area contributed by atoms with E-state index in [2.05, 4.69) is 10.1 Å². The van der Waals surface area contributed by atoms with Crippen LogP contribution in [0.25, 0.3) is 11.3 Å². The molecule has 0 atom stereocenters. The Kier molecular flexibility index (Phi) is 1.98. The van der Waals surface area contributed by atoms with Crippen LogP contribution < -0.4 is 0 Å². The molecule has 2 heterocycles. The molecule has 0 fully saturated rings. The molecule has 0 aliphatic rings. The summed E-state index contributed by atoms with van der Waals surface area (Å²) >= 11 is 5.20. The molecule has 3 nitrogen and oxygen atoms in total. The molecule has 0 bridgehead atoms. The van der Waals surface area contributed by atoms with Crippen molar-refractivity contribution in [3.8, 4) is 11.3 Å². The van der Waals surface area contributed by atoms with Crippen LogP contribution in [-0.2, 0) is 7.05 Å². The average molecular weight is 191 g/mol. The summed E-state index contributed by atoms with van der Waals surface area (Å²) in [6.45, 7) is 0. The first-order valence-corrected chi connectivity index (χ1v) is 4.35. The minimum atomic E-state index is 0.777. The molecule has 2 aromatic heterocycles. The van der Waals surface area contributed by atoms with E-state index in [4.69, 9.17) is 12.2 Å². The fourth-order valence-electron chi connectivity index (χ4n) is 1.17. The Morgan fingerprint density at radius 1 is 1.46 bits per heavy atom. The number of hydrogen-bond donors (Lipinski definition) is 1. The van der Waals surface area contributed by atoms with E-state index < -0.39 is 0 Å². The van der Waals surface area contributed by atoms with E-state index in [1.165, 1.54) is 0 Å². The van der Waals surface area contributed by atoms with Gasteiger partial charge in [0.15, 0.2) is 0 Å². The van der Waals surface area contributed by atoms with Gasteiger partial charge in [-0.1, -0.05) is 18.3 Å². The van der Waals surface area contributed by atoms with Gasteiger partial charge in [-0.3, -0.25) is 9.67 Å². The molecule has 0 aliphatic carbocycles. The number of hydrogen-bond acceptors (Lipinski definition) is 2. The highest BCUT2D eigenvalue weighted by Crippen LogP contribution is 2.16. The number of nitrogens with zero attached hydrogens (tertiary/aromatic N) is 2. The molecule has 66 valence electrons. The van der Waals surface area contributed by atoms with Crippen molar-refractivity contribution in [3.05, 3.63) is 35.2 Å². The van der Waals surface area contributed by atoms with Crippen LogP contribution in [0.1, 0.15) is 0 Å². The highest BCUT2D eigenvalue weighted by molar-refractivity contribution is 7.71. The third-order valence-electron chi connectivity index (χ3n) is 1.88. The molecule has 0 saturated heterocycles. The first-order chi connectivity index (χ1) is 6.29. The zero-order valence-corrected chi connectivity index (χ0v) is 8.01. The summed E-state index contributed by atoms with van der Waals surface area (Å²) in [5.41, 5.74) is 1.88. The van der Waals surface area contributed by atoms with Gasteiger partial charge in [0.2, 0.25) is 0 Å². The second-order valence-electron chi connectivity index (χ2n) is 2.77. The number of aromatic amines is 1. The molecule has 4 heteroatoms. The number of aromatic nitrogens is 3. The molecule has 2 aromatic rings. The molecule has 1 N–H and O–H groups in total. The summed E-state index contributed by atoms with van der Waals surface area (Å²) in [6, 6.07) is 5.78. The van der Waals surface area contributed by atoms with E-state index in [9.17, 15) is 0 Å². The Hall–Kier alpha value is -1.42. The molecular formula is C9H9N3S. The lowest BCUT2D eigenvalue weighted by atomic mass is 10.2. The SMILES string of the molecule is Cn1[nH]cc(-c2ccccn2)c1=S. The van der Waals surface area contributed by atoms with Gasteiger partial charge in [0.05, 0.1) is 11.3 Å². The molecule has 0 unspecified atom stereocenters. The molecule has 0 aliphatic heterocycles.